The van der Waals surface area contributed by atoms with Gasteiger partial charge in [-0.25, -0.2) is 0 Å². The summed E-state index contributed by atoms with van der Waals surface area (Å²) in [7, 11) is 0. The Kier molecular flexibility index (Phi) is 9.57. The summed E-state index contributed by atoms with van der Waals surface area (Å²) in [6, 6.07) is 29.2. The molecule has 2 atom stereocenters. The van der Waals surface area contributed by atoms with Crippen LogP contribution in [0.1, 0.15) is 162 Å². The zero-order chi connectivity index (χ0) is 41.6. The molecular formula is C55H76Hf. The molecule has 0 heterocycles. The Labute approximate surface area is 337 Å². The average molecular weight is 916 g/mol. The van der Waals surface area contributed by atoms with Crippen LogP contribution < -0.4 is 0 Å². The fourth-order valence-corrected chi connectivity index (χ4v) is 54.7. The van der Waals surface area contributed by atoms with Crippen LogP contribution in [-0.4, -0.2) is 4.26 Å². The van der Waals surface area contributed by atoms with Gasteiger partial charge in [0.25, 0.3) is 0 Å². The third-order valence-electron chi connectivity index (χ3n) is 15.5. The molecule has 0 saturated carbocycles. The van der Waals surface area contributed by atoms with Crippen LogP contribution in [0.2, 0.25) is 17.7 Å². The number of hydrogen-bond donors (Lipinski definition) is 0. The second-order valence-corrected chi connectivity index (χ2v) is 75.9. The van der Waals surface area contributed by atoms with Crippen molar-refractivity contribution in [2.24, 2.45) is 0 Å². The number of allylic oxidation sites excluding steroid dienone is 2. The Hall–Kier alpha value is -2.90. The van der Waals surface area contributed by atoms with Gasteiger partial charge in [-0.15, -0.1) is 0 Å². The molecule has 2 aliphatic rings. The van der Waals surface area contributed by atoms with E-state index in [1.54, 1.807) is 0 Å². The molecule has 0 nitrogen and oxygen atoms in total. The second-order valence-electron chi connectivity index (χ2n) is 25.3. The quantitative estimate of drug-likeness (QED) is 0.155. The molecule has 0 N–H and O–H groups in total. The van der Waals surface area contributed by atoms with Crippen molar-refractivity contribution in [1.29, 1.82) is 0 Å². The van der Waals surface area contributed by atoms with E-state index in [0.29, 0.717) is 0 Å². The Morgan fingerprint density at radius 3 is 1.05 bits per heavy atom. The fourth-order valence-electron chi connectivity index (χ4n) is 12.1. The van der Waals surface area contributed by atoms with Crippen LogP contribution in [0.3, 0.4) is 0 Å². The fraction of sp³-hybridized carbons (Fsp3) is 0.473. The molecule has 6 rings (SSSR count). The molecule has 4 aromatic rings. The van der Waals surface area contributed by atoms with Gasteiger partial charge in [0.1, 0.15) is 0 Å². The molecule has 0 amide bonds. The first-order chi connectivity index (χ1) is 25.5. The Morgan fingerprint density at radius 1 is 0.482 bits per heavy atom. The van der Waals surface area contributed by atoms with E-state index in [0.717, 1.165) is 12.8 Å². The first-order valence-electron chi connectivity index (χ1n) is 22.0. The topological polar surface area (TPSA) is 0 Å². The van der Waals surface area contributed by atoms with E-state index in [1.165, 1.54) is 75.1 Å². The standard InChI is InChI=1S/2C23H27.2C3H7.2CH3.CH2.Hf/c2*1-22(2,3)18-13-17(14-19(15-18)23(4,5)6)21-12-8-10-16-9-7-11-20(16)21;2*1-3-2;;;;/h2*7-15H,1-6H3;2*1,3H2,2H3;2*1H3;1H2;. The third-order valence-corrected chi connectivity index (χ3v) is 60.1. The third kappa shape index (κ3) is 6.82. The molecule has 0 spiro atoms. The van der Waals surface area contributed by atoms with Crippen LogP contribution in [0.4, 0.5) is 0 Å². The maximum absolute atomic E-state index is 5.99. The zero-order valence-corrected chi connectivity index (χ0v) is 42.0. The van der Waals surface area contributed by atoms with E-state index in [2.05, 4.69) is 203 Å². The van der Waals surface area contributed by atoms with Crippen molar-refractivity contribution in [3.8, 4) is 22.3 Å². The van der Waals surface area contributed by atoms with Crippen LogP contribution in [0, 0.1) is 0 Å². The van der Waals surface area contributed by atoms with Gasteiger partial charge in [0.2, 0.25) is 0 Å². The van der Waals surface area contributed by atoms with Gasteiger partial charge >= 0.3 is 340 Å². The molecule has 0 bridgehead atoms. The molecule has 56 heavy (non-hydrogen) atoms. The van der Waals surface area contributed by atoms with Gasteiger partial charge in [0.15, 0.2) is 0 Å². The molecule has 4 aromatic carbocycles. The van der Waals surface area contributed by atoms with Crippen LogP contribution in [0.15, 0.2) is 84.9 Å². The van der Waals surface area contributed by atoms with Crippen molar-refractivity contribution in [2.75, 3.05) is 0 Å². The molecular weight excluding hydrogens is 839 g/mol. The SMILES string of the molecule is [CH2]=[Hf]([CH3])([CH3])([CH2]CC)([CH2]CC)([CH]1C=Cc2c(-c3cc(C(C)(C)C)cc(C(C)(C)C)c3)cccc21)[CH]1C=Cc2c(-c3cc(C(C)(C)C)cc(C(C)(C)C)c3)cccc21. The summed E-state index contributed by atoms with van der Waals surface area (Å²) >= 11 is -5.45. The predicted molar refractivity (Wildman–Crippen MR) is 251 cm³/mol. The van der Waals surface area contributed by atoms with Crippen molar-refractivity contribution in [3.05, 3.63) is 129 Å². The number of fused-ring (bicyclic) bond motifs is 2. The molecule has 1 heteroatoms. The summed E-state index contributed by atoms with van der Waals surface area (Å²) in [5, 5.41) is 0. The van der Waals surface area contributed by atoms with Crippen LogP contribution >= 0.6 is 0 Å². The van der Waals surface area contributed by atoms with E-state index in [9.17, 15) is 0 Å². The molecule has 0 radical (unpaired) electrons. The molecule has 2 aliphatic carbocycles. The zero-order valence-electron chi connectivity index (χ0n) is 38.4. The van der Waals surface area contributed by atoms with Crippen LogP contribution in [0.5, 0.6) is 0 Å². The summed E-state index contributed by atoms with van der Waals surface area (Å²) in [6.45, 7) is 33.0. The van der Waals surface area contributed by atoms with Gasteiger partial charge in [-0.2, -0.15) is 0 Å². The molecule has 0 aliphatic heterocycles. The van der Waals surface area contributed by atoms with Crippen molar-refractivity contribution < 1.29 is 15.1 Å². The molecule has 300 valence electrons. The van der Waals surface area contributed by atoms with E-state index in [1.807, 2.05) is 0 Å². The van der Waals surface area contributed by atoms with Crippen molar-refractivity contribution in [2.45, 2.75) is 156 Å². The maximum atomic E-state index is 5.99. The van der Waals surface area contributed by atoms with E-state index >= 15 is 0 Å². The van der Waals surface area contributed by atoms with Crippen molar-refractivity contribution in [3.63, 3.8) is 0 Å². The summed E-state index contributed by atoms with van der Waals surface area (Å²) in [5.41, 5.74) is 17.0. The number of benzene rings is 4. The summed E-state index contributed by atoms with van der Waals surface area (Å²) in [6.07, 6.45) is 12.6. The molecule has 0 aromatic heterocycles. The Morgan fingerprint density at radius 2 is 0.786 bits per heavy atom. The number of hydrogen-bond acceptors (Lipinski definition) is 0. The first-order valence-corrected chi connectivity index (χ1v) is 40.9. The monoisotopic (exact) mass is 917 g/mol. The van der Waals surface area contributed by atoms with Gasteiger partial charge < -0.3 is 0 Å². The van der Waals surface area contributed by atoms with Gasteiger partial charge in [-0.05, 0) is 0 Å². The Balaban J connectivity index is 1.60. The minimum atomic E-state index is -5.45. The second kappa shape index (κ2) is 12.6. The van der Waals surface area contributed by atoms with Gasteiger partial charge in [-0.3, -0.25) is 0 Å². The molecule has 0 fully saturated rings. The average Bonchev–Trinajstić information content (AvgIpc) is 3.74. The van der Waals surface area contributed by atoms with Crippen LogP contribution in [0.25, 0.3) is 34.4 Å². The van der Waals surface area contributed by atoms with Crippen LogP contribution in [-0.2, 0) is 36.7 Å². The number of rotatable bonds is 8. The van der Waals surface area contributed by atoms with E-state index in [-0.39, 0.29) is 29.0 Å². The van der Waals surface area contributed by atoms with Crippen molar-refractivity contribution in [1.82, 2.24) is 0 Å². The Bertz CT molecular complexity index is 2170. The van der Waals surface area contributed by atoms with E-state index in [4.69, 9.17) is 4.26 Å². The predicted octanol–water partition coefficient (Wildman–Crippen LogP) is 17.0. The van der Waals surface area contributed by atoms with Gasteiger partial charge in [-0.1, -0.05) is 0 Å². The van der Waals surface area contributed by atoms with E-state index < -0.39 is 15.1 Å². The first kappa shape index (κ1) is 42.7. The minimum absolute atomic E-state index is 0.0569. The molecule has 0 saturated heterocycles. The molecule has 2 unspecified atom stereocenters. The summed E-state index contributed by atoms with van der Waals surface area (Å²) < 4.78 is 14.5. The van der Waals surface area contributed by atoms with Gasteiger partial charge in [0.05, 0.1) is 0 Å². The summed E-state index contributed by atoms with van der Waals surface area (Å²) in [5.74, 6) is 0. The van der Waals surface area contributed by atoms with Gasteiger partial charge in [0, 0.05) is 0 Å². The van der Waals surface area contributed by atoms with Crippen molar-refractivity contribution >= 4 is 16.4 Å². The summed E-state index contributed by atoms with van der Waals surface area (Å²) in [4.78, 5) is 0. The normalized spacial score (nSPS) is 19.2.